The van der Waals surface area contributed by atoms with Crippen molar-refractivity contribution in [3.8, 4) is 0 Å². The molecule has 1 aliphatic rings. The van der Waals surface area contributed by atoms with Gasteiger partial charge in [-0.3, -0.25) is 0 Å². The van der Waals surface area contributed by atoms with Crippen LogP contribution in [0.1, 0.15) is 18.4 Å². The van der Waals surface area contributed by atoms with Crippen LogP contribution in [0.4, 0.5) is 5.82 Å². The topological polar surface area (TPSA) is 37.4 Å². The molecule has 2 heterocycles. The Morgan fingerprint density at radius 3 is 2.89 bits per heavy atom. The van der Waals surface area contributed by atoms with Crippen LogP contribution in [0.3, 0.4) is 0 Å². The van der Waals surface area contributed by atoms with Gasteiger partial charge in [-0.15, -0.1) is 0 Å². The number of hydrogen-bond donors (Lipinski definition) is 1. The molecule has 0 aliphatic carbocycles. The van der Waals surface area contributed by atoms with E-state index in [2.05, 4.69) is 28.3 Å². The van der Waals surface area contributed by atoms with Gasteiger partial charge in [-0.1, -0.05) is 11.6 Å². The molecule has 0 amide bonds. The smallest absolute Gasteiger partial charge is 0.128 e. The molecule has 100 valence electrons. The standard InChI is InChI=1S/C13H20ClN3O/c1-15-8-10-7-13(16-9-12(10)14)17(2)11-3-5-18-6-4-11/h7,9,11,15H,3-6,8H2,1-2H3. The first-order valence-electron chi connectivity index (χ1n) is 6.32. The molecule has 1 aliphatic heterocycles. The molecule has 0 bridgehead atoms. The molecule has 1 aromatic heterocycles. The van der Waals surface area contributed by atoms with Gasteiger partial charge in [-0.2, -0.15) is 0 Å². The molecular weight excluding hydrogens is 250 g/mol. The summed E-state index contributed by atoms with van der Waals surface area (Å²) in [4.78, 5) is 6.66. The molecule has 0 spiro atoms. The van der Waals surface area contributed by atoms with E-state index in [4.69, 9.17) is 16.3 Å². The van der Waals surface area contributed by atoms with Gasteiger partial charge in [0.25, 0.3) is 0 Å². The van der Waals surface area contributed by atoms with Gasteiger partial charge in [0.1, 0.15) is 5.82 Å². The Morgan fingerprint density at radius 2 is 2.22 bits per heavy atom. The predicted octanol–water partition coefficient (Wildman–Crippen LogP) is 2.07. The molecule has 1 saturated heterocycles. The summed E-state index contributed by atoms with van der Waals surface area (Å²) in [5.41, 5.74) is 1.09. The fourth-order valence-electron chi connectivity index (χ4n) is 2.25. The van der Waals surface area contributed by atoms with E-state index in [0.717, 1.165) is 44.0 Å². The van der Waals surface area contributed by atoms with E-state index < -0.39 is 0 Å². The van der Waals surface area contributed by atoms with Crippen LogP contribution in [0, 0.1) is 0 Å². The highest BCUT2D eigenvalue weighted by Crippen LogP contribution is 2.23. The molecule has 0 unspecified atom stereocenters. The number of ether oxygens (including phenoxy) is 1. The number of aromatic nitrogens is 1. The molecule has 5 heteroatoms. The highest BCUT2D eigenvalue weighted by Gasteiger charge is 2.20. The summed E-state index contributed by atoms with van der Waals surface area (Å²) in [5.74, 6) is 0.983. The second-order valence-electron chi connectivity index (χ2n) is 4.62. The molecule has 0 radical (unpaired) electrons. The lowest BCUT2D eigenvalue weighted by Gasteiger charge is -2.32. The summed E-state index contributed by atoms with van der Waals surface area (Å²) in [6.07, 6.45) is 3.85. The van der Waals surface area contributed by atoms with Crippen molar-refractivity contribution in [2.24, 2.45) is 0 Å². The Balaban J connectivity index is 2.13. The normalized spacial score (nSPS) is 16.8. The van der Waals surface area contributed by atoms with Gasteiger partial charge in [0.05, 0.1) is 5.02 Å². The largest absolute Gasteiger partial charge is 0.381 e. The van der Waals surface area contributed by atoms with Crippen molar-refractivity contribution in [3.63, 3.8) is 0 Å². The van der Waals surface area contributed by atoms with Gasteiger partial charge in [-0.25, -0.2) is 4.98 Å². The van der Waals surface area contributed by atoms with Crippen LogP contribution in [-0.4, -0.2) is 38.3 Å². The van der Waals surface area contributed by atoms with Crippen molar-refractivity contribution in [3.05, 3.63) is 22.8 Å². The van der Waals surface area contributed by atoms with E-state index in [0.29, 0.717) is 11.1 Å². The van der Waals surface area contributed by atoms with Gasteiger partial charge < -0.3 is 15.0 Å². The number of nitrogens with zero attached hydrogens (tertiary/aromatic N) is 2. The Hall–Kier alpha value is -0.840. The van der Waals surface area contributed by atoms with E-state index in [-0.39, 0.29) is 0 Å². The zero-order valence-electron chi connectivity index (χ0n) is 10.9. The van der Waals surface area contributed by atoms with Crippen molar-refractivity contribution in [1.29, 1.82) is 0 Å². The van der Waals surface area contributed by atoms with Gasteiger partial charge in [0.15, 0.2) is 0 Å². The third-order valence-electron chi connectivity index (χ3n) is 3.39. The van der Waals surface area contributed by atoms with Crippen molar-refractivity contribution in [2.45, 2.75) is 25.4 Å². The van der Waals surface area contributed by atoms with Crippen molar-refractivity contribution in [1.82, 2.24) is 10.3 Å². The zero-order valence-corrected chi connectivity index (χ0v) is 11.7. The van der Waals surface area contributed by atoms with Crippen LogP contribution in [0.5, 0.6) is 0 Å². The van der Waals surface area contributed by atoms with Gasteiger partial charge >= 0.3 is 0 Å². The lowest BCUT2D eigenvalue weighted by Crippen LogP contribution is -2.37. The summed E-state index contributed by atoms with van der Waals surface area (Å²) in [6.45, 7) is 2.44. The van der Waals surface area contributed by atoms with Crippen molar-refractivity contribution in [2.75, 3.05) is 32.2 Å². The molecule has 18 heavy (non-hydrogen) atoms. The van der Waals surface area contributed by atoms with Crippen LogP contribution in [0.25, 0.3) is 0 Å². The lowest BCUT2D eigenvalue weighted by atomic mass is 10.1. The van der Waals surface area contributed by atoms with Crippen LogP contribution in [0.2, 0.25) is 5.02 Å². The van der Waals surface area contributed by atoms with Gasteiger partial charge in [0.2, 0.25) is 0 Å². The monoisotopic (exact) mass is 269 g/mol. The molecule has 0 aromatic carbocycles. The Kier molecular flexibility index (Phi) is 4.80. The summed E-state index contributed by atoms with van der Waals surface area (Å²) in [6, 6.07) is 2.57. The summed E-state index contributed by atoms with van der Waals surface area (Å²) < 4.78 is 5.39. The van der Waals surface area contributed by atoms with E-state index in [1.807, 2.05) is 7.05 Å². The van der Waals surface area contributed by atoms with Crippen molar-refractivity contribution >= 4 is 17.4 Å². The fourth-order valence-corrected chi connectivity index (χ4v) is 2.42. The average Bonchev–Trinajstić information content (AvgIpc) is 2.42. The van der Waals surface area contributed by atoms with E-state index in [1.165, 1.54) is 0 Å². The maximum absolute atomic E-state index is 6.12. The van der Waals surface area contributed by atoms with Crippen LogP contribution in [-0.2, 0) is 11.3 Å². The first-order valence-corrected chi connectivity index (χ1v) is 6.69. The second-order valence-corrected chi connectivity index (χ2v) is 5.03. The molecular formula is C13H20ClN3O. The lowest BCUT2D eigenvalue weighted by molar-refractivity contribution is 0.0853. The van der Waals surface area contributed by atoms with E-state index in [9.17, 15) is 0 Å². The van der Waals surface area contributed by atoms with Crippen LogP contribution in [0.15, 0.2) is 12.3 Å². The predicted molar refractivity (Wildman–Crippen MR) is 74.3 cm³/mol. The minimum absolute atomic E-state index is 0.509. The van der Waals surface area contributed by atoms with E-state index >= 15 is 0 Å². The first-order chi connectivity index (χ1) is 8.72. The maximum atomic E-state index is 6.12. The number of halogens is 1. The number of pyridine rings is 1. The Labute approximate surface area is 113 Å². The fraction of sp³-hybridized carbons (Fsp3) is 0.615. The molecule has 2 rings (SSSR count). The Morgan fingerprint density at radius 1 is 1.50 bits per heavy atom. The SMILES string of the molecule is CNCc1cc(N(C)C2CCOCC2)ncc1Cl. The van der Waals surface area contributed by atoms with Crippen LogP contribution < -0.4 is 10.2 Å². The van der Waals surface area contributed by atoms with Crippen molar-refractivity contribution < 1.29 is 4.74 Å². The second kappa shape index (κ2) is 6.36. The minimum Gasteiger partial charge on any atom is -0.381 e. The highest BCUT2D eigenvalue weighted by atomic mass is 35.5. The van der Waals surface area contributed by atoms with Gasteiger partial charge in [0, 0.05) is 39.0 Å². The number of hydrogen-bond acceptors (Lipinski definition) is 4. The number of rotatable bonds is 4. The van der Waals surface area contributed by atoms with Gasteiger partial charge in [-0.05, 0) is 31.5 Å². The van der Waals surface area contributed by atoms with Crippen LogP contribution >= 0.6 is 11.6 Å². The quantitative estimate of drug-likeness (QED) is 0.908. The molecule has 1 aromatic rings. The minimum atomic E-state index is 0.509. The summed E-state index contributed by atoms with van der Waals surface area (Å²) in [7, 11) is 4.01. The third kappa shape index (κ3) is 3.13. The Bertz CT molecular complexity index is 394. The van der Waals surface area contributed by atoms with E-state index in [1.54, 1.807) is 6.20 Å². The number of anilines is 1. The molecule has 0 saturated carbocycles. The molecule has 4 nitrogen and oxygen atoms in total. The maximum Gasteiger partial charge on any atom is 0.128 e. The number of nitrogens with one attached hydrogen (secondary N) is 1. The average molecular weight is 270 g/mol. The molecule has 1 fully saturated rings. The highest BCUT2D eigenvalue weighted by molar-refractivity contribution is 6.31. The third-order valence-corrected chi connectivity index (χ3v) is 3.73. The zero-order chi connectivity index (χ0) is 13.0. The first kappa shape index (κ1) is 13.6. The summed E-state index contributed by atoms with van der Waals surface area (Å²) >= 11 is 6.12. The summed E-state index contributed by atoms with van der Waals surface area (Å²) in [5, 5.41) is 3.84. The molecule has 1 N–H and O–H groups in total. The molecule has 0 atom stereocenters.